The lowest BCUT2D eigenvalue weighted by Crippen LogP contribution is -2.29. The molecule has 164 valence electrons. The van der Waals surface area contributed by atoms with Crippen molar-refractivity contribution in [2.45, 2.75) is 31.6 Å². The zero-order valence-electron chi connectivity index (χ0n) is 17.4. The summed E-state index contributed by atoms with van der Waals surface area (Å²) in [5.41, 5.74) is 4.83. The van der Waals surface area contributed by atoms with Gasteiger partial charge in [-0.25, -0.2) is 0 Å². The monoisotopic (exact) mass is 470 g/mol. The molecule has 3 aromatic rings. The quantitative estimate of drug-likeness (QED) is 0.490. The highest BCUT2D eigenvalue weighted by Crippen LogP contribution is 2.50. The number of halogens is 2. The van der Waals surface area contributed by atoms with Crippen molar-refractivity contribution in [3.8, 4) is 11.5 Å². The van der Waals surface area contributed by atoms with Crippen molar-refractivity contribution < 1.29 is 19.2 Å². The van der Waals surface area contributed by atoms with Crippen LogP contribution in [0, 0.1) is 6.92 Å². The van der Waals surface area contributed by atoms with Gasteiger partial charge < -0.3 is 19.7 Å². The van der Waals surface area contributed by atoms with Gasteiger partial charge in [0.2, 0.25) is 5.88 Å². The maximum atomic E-state index is 13.5. The number of anilines is 1. The van der Waals surface area contributed by atoms with Crippen molar-refractivity contribution in [1.29, 1.82) is 0 Å². The number of rotatable bonds is 3. The molecule has 0 fully saturated rings. The van der Waals surface area contributed by atoms with E-state index in [0.29, 0.717) is 45.8 Å². The van der Waals surface area contributed by atoms with Crippen LogP contribution >= 0.6 is 23.2 Å². The number of nitrogens with one attached hydrogen (secondary N) is 1. The van der Waals surface area contributed by atoms with Gasteiger partial charge in [0.25, 0.3) is 0 Å². The number of phenolic OH excluding ortho intramolecular Hbond substituents is 1. The highest BCUT2D eigenvalue weighted by Gasteiger charge is 2.41. The molecule has 0 saturated carbocycles. The number of Topliss-reactive ketones (excluding diaryl/α,β-unsaturated/α-hetero) is 1. The van der Waals surface area contributed by atoms with Crippen LogP contribution in [0.25, 0.3) is 0 Å². The second-order valence-electron chi connectivity index (χ2n) is 8.09. The van der Waals surface area contributed by atoms with Gasteiger partial charge in [0, 0.05) is 23.6 Å². The van der Waals surface area contributed by atoms with Crippen LogP contribution < -0.4 is 10.1 Å². The second kappa shape index (κ2) is 7.87. The van der Waals surface area contributed by atoms with Crippen LogP contribution in [0.4, 0.5) is 5.88 Å². The van der Waals surface area contributed by atoms with E-state index >= 15 is 0 Å². The summed E-state index contributed by atoms with van der Waals surface area (Å²) >= 11 is 12.4. The standard InChI is InChI=1S/C24H20Cl2N2O4/c1-11-21-22(13-3-5-15(25)16(26)7-13)23-17(27-24(21)32-28-11)8-14(9-19(23)30)12-4-6-18(29)20(10-12)31-2/h3-7,10,14,22,27,29H,8-9H2,1-2H3/t14-,22-/m1/s1. The Hall–Kier alpha value is -2.96. The number of ketones is 1. The molecule has 0 spiro atoms. The van der Waals surface area contributed by atoms with E-state index in [4.69, 9.17) is 32.5 Å². The number of carbonyl (C=O) groups is 1. The topological polar surface area (TPSA) is 84.6 Å². The zero-order chi connectivity index (χ0) is 22.6. The van der Waals surface area contributed by atoms with Gasteiger partial charge in [-0.3, -0.25) is 4.79 Å². The van der Waals surface area contributed by atoms with Gasteiger partial charge >= 0.3 is 0 Å². The summed E-state index contributed by atoms with van der Waals surface area (Å²) in [6, 6.07) is 10.6. The molecule has 0 bridgehead atoms. The van der Waals surface area contributed by atoms with Crippen molar-refractivity contribution >= 4 is 34.9 Å². The molecule has 1 aromatic heterocycles. The van der Waals surface area contributed by atoms with Crippen LogP contribution in [0.2, 0.25) is 10.0 Å². The van der Waals surface area contributed by atoms with E-state index in [-0.39, 0.29) is 23.4 Å². The third-order valence-corrected chi connectivity index (χ3v) is 6.95. The molecule has 1 aliphatic heterocycles. The number of aromatic nitrogens is 1. The third kappa shape index (κ3) is 3.34. The van der Waals surface area contributed by atoms with Gasteiger partial charge in [0.15, 0.2) is 17.3 Å². The molecule has 1 aliphatic carbocycles. The lowest BCUT2D eigenvalue weighted by atomic mass is 9.72. The van der Waals surface area contributed by atoms with Gasteiger partial charge in [-0.2, -0.15) is 0 Å². The smallest absolute Gasteiger partial charge is 0.233 e. The molecular formula is C24H20Cl2N2O4. The van der Waals surface area contributed by atoms with E-state index in [1.165, 1.54) is 7.11 Å². The molecule has 32 heavy (non-hydrogen) atoms. The average Bonchev–Trinajstić information content (AvgIpc) is 3.14. The summed E-state index contributed by atoms with van der Waals surface area (Å²) < 4.78 is 10.8. The highest BCUT2D eigenvalue weighted by atomic mass is 35.5. The van der Waals surface area contributed by atoms with Crippen LogP contribution in [-0.2, 0) is 4.79 Å². The van der Waals surface area contributed by atoms with Crippen LogP contribution in [-0.4, -0.2) is 23.2 Å². The number of hydrogen-bond acceptors (Lipinski definition) is 6. The van der Waals surface area contributed by atoms with Crippen LogP contribution in [0.3, 0.4) is 0 Å². The number of phenols is 1. The van der Waals surface area contributed by atoms with Crippen molar-refractivity contribution in [2.75, 3.05) is 12.4 Å². The van der Waals surface area contributed by atoms with Crippen molar-refractivity contribution in [1.82, 2.24) is 5.16 Å². The fourth-order valence-electron chi connectivity index (χ4n) is 4.68. The van der Waals surface area contributed by atoms with Crippen LogP contribution in [0.1, 0.15) is 47.1 Å². The Balaban J connectivity index is 1.60. The third-order valence-electron chi connectivity index (χ3n) is 6.21. The Morgan fingerprint density at radius 1 is 1.12 bits per heavy atom. The molecule has 8 heteroatoms. The maximum absolute atomic E-state index is 13.5. The number of aromatic hydroxyl groups is 1. The van der Waals surface area contributed by atoms with E-state index in [2.05, 4.69) is 10.5 Å². The molecule has 0 saturated heterocycles. The molecule has 0 radical (unpaired) electrons. The first-order valence-electron chi connectivity index (χ1n) is 10.2. The number of aryl methyl sites for hydroxylation is 1. The SMILES string of the molecule is COc1cc([C@H]2CC(=O)C3=C(C2)Nc2onc(C)c2[C@H]3c2ccc(Cl)c(Cl)c2)ccc1O. The lowest BCUT2D eigenvalue weighted by Gasteiger charge is -2.34. The summed E-state index contributed by atoms with van der Waals surface area (Å²) in [4.78, 5) is 13.5. The molecule has 0 amide bonds. The normalized spacial score (nSPS) is 19.9. The minimum absolute atomic E-state index is 0.0399. The molecule has 0 unspecified atom stereocenters. The lowest BCUT2D eigenvalue weighted by molar-refractivity contribution is -0.116. The number of ether oxygens (including phenoxy) is 1. The van der Waals surface area contributed by atoms with E-state index in [0.717, 1.165) is 22.4 Å². The Labute approximate surface area is 194 Å². The van der Waals surface area contributed by atoms with Gasteiger partial charge in [-0.05, 0) is 54.7 Å². The number of carbonyl (C=O) groups excluding carboxylic acids is 1. The second-order valence-corrected chi connectivity index (χ2v) is 8.91. The minimum Gasteiger partial charge on any atom is -0.504 e. The molecule has 2 aliphatic rings. The molecule has 5 rings (SSSR count). The van der Waals surface area contributed by atoms with E-state index in [1.807, 2.05) is 19.1 Å². The van der Waals surface area contributed by atoms with Gasteiger partial charge in [-0.15, -0.1) is 0 Å². The summed E-state index contributed by atoms with van der Waals surface area (Å²) in [5, 5.41) is 18.3. The summed E-state index contributed by atoms with van der Waals surface area (Å²) in [7, 11) is 1.50. The van der Waals surface area contributed by atoms with Crippen LogP contribution in [0.5, 0.6) is 11.5 Å². The van der Waals surface area contributed by atoms with E-state index < -0.39 is 0 Å². The van der Waals surface area contributed by atoms with Crippen molar-refractivity contribution in [3.05, 3.63) is 80.1 Å². The molecule has 2 aromatic carbocycles. The summed E-state index contributed by atoms with van der Waals surface area (Å²) in [6.07, 6.45) is 0.942. The molecule has 6 nitrogen and oxygen atoms in total. The van der Waals surface area contributed by atoms with Crippen LogP contribution in [0.15, 0.2) is 52.2 Å². The number of hydrogen-bond donors (Lipinski definition) is 2. The fourth-order valence-corrected chi connectivity index (χ4v) is 4.99. The zero-order valence-corrected chi connectivity index (χ0v) is 18.9. The maximum Gasteiger partial charge on any atom is 0.233 e. The van der Waals surface area contributed by atoms with Gasteiger partial charge in [-0.1, -0.05) is 40.5 Å². The van der Waals surface area contributed by atoms with E-state index in [1.54, 1.807) is 24.3 Å². The predicted molar refractivity (Wildman–Crippen MR) is 122 cm³/mol. The number of fused-ring (bicyclic) bond motifs is 1. The first-order chi connectivity index (χ1) is 15.4. The number of nitrogens with zero attached hydrogens (tertiary/aromatic N) is 1. The average molecular weight is 471 g/mol. The number of benzene rings is 2. The highest BCUT2D eigenvalue weighted by molar-refractivity contribution is 6.42. The van der Waals surface area contributed by atoms with Gasteiger partial charge in [0.05, 0.1) is 28.4 Å². The Bertz CT molecular complexity index is 1280. The first kappa shape index (κ1) is 20.9. The number of methoxy groups -OCH3 is 1. The Kier molecular flexibility index (Phi) is 5.14. The summed E-state index contributed by atoms with van der Waals surface area (Å²) in [5.74, 6) is 0.615. The number of allylic oxidation sites excluding steroid dienone is 2. The molecule has 2 N–H and O–H groups in total. The molecule has 2 atom stereocenters. The summed E-state index contributed by atoms with van der Waals surface area (Å²) in [6.45, 7) is 1.86. The molecular weight excluding hydrogens is 451 g/mol. The Morgan fingerprint density at radius 2 is 1.91 bits per heavy atom. The predicted octanol–water partition coefficient (Wildman–Crippen LogP) is 5.96. The van der Waals surface area contributed by atoms with E-state index in [9.17, 15) is 9.90 Å². The largest absolute Gasteiger partial charge is 0.504 e. The fraction of sp³-hybridized carbons (Fsp3) is 0.250. The molecule has 2 heterocycles. The van der Waals surface area contributed by atoms with Crippen molar-refractivity contribution in [2.24, 2.45) is 0 Å². The minimum atomic E-state index is -0.343. The van der Waals surface area contributed by atoms with Crippen molar-refractivity contribution in [3.63, 3.8) is 0 Å². The first-order valence-corrected chi connectivity index (χ1v) is 10.9. The van der Waals surface area contributed by atoms with Gasteiger partial charge in [0.1, 0.15) is 0 Å². The Morgan fingerprint density at radius 3 is 2.66 bits per heavy atom.